The van der Waals surface area contributed by atoms with Crippen LogP contribution in [0.5, 0.6) is 0 Å². The Morgan fingerprint density at radius 1 is 1.25 bits per heavy atom. The number of hydrogen-bond acceptors (Lipinski definition) is 3. The zero-order valence-corrected chi connectivity index (χ0v) is 7.76. The minimum absolute atomic E-state index is 0. The van der Waals surface area contributed by atoms with E-state index >= 15 is 0 Å². The monoisotopic (exact) mass is 170 g/mol. The van der Waals surface area contributed by atoms with E-state index in [9.17, 15) is 0 Å². The zero-order chi connectivity index (χ0) is 7.98. The van der Waals surface area contributed by atoms with Gasteiger partial charge in [-0.1, -0.05) is 21.3 Å². The van der Waals surface area contributed by atoms with Crippen LogP contribution in [0.25, 0.3) is 0 Å². The first-order valence-corrected chi connectivity index (χ1v) is 3.77. The van der Waals surface area contributed by atoms with Gasteiger partial charge in [0, 0.05) is 26.9 Å². The molecule has 0 spiro atoms. The van der Waals surface area contributed by atoms with Gasteiger partial charge < -0.3 is 5.43 Å². The number of nitrogens with one attached hydrogen (secondary N) is 2. The molecule has 3 nitrogen and oxygen atoms in total. The van der Waals surface area contributed by atoms with Crippen molar-refractivity contribution in [2.45, 2.75) is 41.2 Å². The fourth-order valence-corrected chi connectivity index (χ4v) is 0.568. The zero-order valence-electron chi connectivity index (χ0n) is 7.76. The molecule has 0 aromatic rings. The first-order chi connectivity index (χ1) is 4.80. The molecule has 0 saturated carbocycles. The summed E-state index contributed by atoms with van der Waals surface area (Å²) in [7, 11) is 0. The standard InChI is InChI=1S/C5H11N3.C2H6.CH4.B/c1-5(2)8-4-3-6-7-8;1-2;;/h3-7H,1-2H3;1-2H3;1H4;. The van der Waals surface area contributed by atoms with Gasteiger partial charge in [0.1, 0.15) is 0 Å². The van der Waals surface area contributed by atoms with E-state index in [1.807, 2.05) is 31.3 Å². The van der Waals surface area contributed by atoms with Crippen molar-refractivity contribution in [2.75, 3.05) is 0 Å². The normalized spacial score (nSPS) is 12.2. The smallest absolute Gasteiger partial charge is 0.0410 e. The van der Waals surface area contributed by atoms with Crippen molar-refractivity contribution in [1.82, 2.24) is 16.0 Å². The van der Waals surface area contributed by atoms with Gasteiger partial charge in [0.15, 0.2) is 0 Å². The van der Waals surface area contributed by atoms with E-state index in [0.717, 1.165) is 0 Å². The van der Waals surface area contributed by atoms with Gasteiger partial charge in [-0.15, -0.1) is 5.53 Å². The van der Waals surface area contributed by atoms with Gasteiger partial charge in [-0.25, -0.2) is 0 Å². The lowest BCUT2D eigenvalue weighted by Gasteiger charge is -2.18. The van der Waals surface area contributed by atoms with Crippen molar-refractivity contribution in [3.63, 3.8) is 0 Å². The highest BCUT2D eigenvalue weighted by Crippen LogP contribution is 1.95. The minimum atomic E-state index is 0. The minimum Gasteiger partial charge on any atom is -0.310 e. The molecule has 12 heavy (non-hydrogen) atoms. The first-order valence-electron chi connectivity index (χ1n) is 3.77. The van der Waals surface area contributed by atoms with Gasteiger partial charge in [-0.3, -0.25) is 5.01 Å². The summed E-state index contributed by atoms with van der Waals surface area (Å²) in [5, 5.41) is 1.99. The molecule has 0 fully saturated rings. The van der Waals surface area contributed by atoms with Crippen LogP contribution in [-0.4, -0.2) is 19.5 Å². The molecule has 0 saturated heterocycles. The van der Waals surface area contributed by atoms with E-state index in [4.69, 9.17) is 0 Å². The molecule has 0 aliphatic carbocycles. The molecule has 0 bridgehead atoms. The Kier molecular flexibility index (Phi) is 15.1. The van der Waals surface area contributed by atoms with Crippen molar-refractivity contribution < 1.29 is 0 Å². The molecule has 0 unspecified atom stereocenters. The van der Waals surface area contributed by atoms with Crippen LogP contribution in [0.4, 0.5) is 0 Å². The number of rotatable bonds is 1. The van der Waals surface area contributed by atoms with Crippen molar-refractivity contribution in [1.29, 1.82) is 0 Å². The molecule has 0 aromatic carbocycles. The highest BCUT2D eigenvalue weighted by molar-refractivity contribution is 5.75. The Hall–Kier alpha value is -0.635. The lowest BCUT2D eigenvalue weighted by atomic mass is 10.4. The highest BCUT2D eigenvalue weighted by Gasteiger charge is 2.04. The van der Waals surface area contributed by atoms with E-state index in [1.54, 1.807) is 0 Å². The molecular weight excluding hydrogens is 149 g/mol. The fraction of sp³-hybridized carbons (Fsp3) is 0.750. The van der Waals surface area contributed by atoms with Crippen LogP contribution in [0, 0.1) is 0 Å². The van der Waals surface area contributed by atoms with Crippen molar-refractivity contribution in [3.8, 4) is 0 Å². The second kappa shape index (κ2) is 10.4. The third-order valence-corrected chi connectivity index (χ3v) is 1.07. The second-order valence-electron chi connectivity index (χ2n) is 2.07. The SMILES string of the molecule is C.CC.CC(C)N1C=CNN1.[B]. The van der Waals surface area contributed by atoms with E-state index in [0.29, 0.717) is 6.04 Å². The van der Waals surface area contributed by atoms with Gasteiger partial charge in [-0.05, 0) is 13.8 Å². The summed E-state index contributed by atoms with van der Waals surface area (Å²) in [4.78, 5) is 0. The largest absolute Gasteiger partial charge is 0.310 e. The summed E-state index contributed by atoms with van der Waals surface area (Å²) in [6.45, 7) is 8.23. The molecule has 1 heterocycles. The van der Waals surface area contributed by atoms with Crippen LogP contribution in [0.1, 0.15) is 35.1 Å². The van der Waals surface area contributed by atoms with E-state index in [1.165, 1.54) is 0 Å². The van der Waals surface area contributed by atoms with Crippen LogP contribution in [0.15, 0.2) is 12.4 Å². The summed E-state index contributed by atoms with van der Waals surface area (Å²) in [6, 6.07) is 0.515. The lowest BCUT2D eigenvalue weighted by Crippen LogP contribution is -2.39. The predicted octanol–water partition coefficient (Wildman–Crippen LogP) is 1.47. The molecule has 2 N–H and O–H groups in total. The summed E-state index contributed by atoms with van der Waals surface area (Å²) in [5.74, 6) is 0. The van der Waals surface area contributed by atoms with Crippen molar-refractivity contribution >= 4 is 8.41 Å². The molecule has 4 heteroatoms. The molecule has 0 aromatic heterocycles. The summed E-state index contributed by atoms with van der Waals surface area (Å²) >= 11 is 0. The highest BCUT2D eigenvalue weighted by atomic mass is 15.7. The summed E-state index contributed by atoms with van der Waals surface area (Å²) in [5.41, 5.74) is 5.78. The second-order valence-corrected chi connectivity index (χ2v) is 2.07. The van der Waals surface area contributed by atoms with Crippen LogP contribution < -0.4 is 11.0 Å². The van der Waals surface area contributed by atoms with Crippen LogP contribution in [0.2, 0.25) is 0 Å². The number of hydrogen-bond donors (Lipinski definition) is 2. The summed E-state index contributed by atoms with van der Waals surface area (Å²) in [6.07, 6.45) is 3.82. The van der Waals surface area contributed by atoms with Gasteiger partial charge in [-0.2, -0.15) is 0 Å². The maximum Gasteiger partial charge on any atom is 0.0410 e. The van der Waals surface area contributed by atoms with E-state index < -0.39 is 0 Å². The van der Waals surface area contributed by atoms with Gasteiger partial charge in [0.2, 0.25) is 0 Å². The van der Waals surface area contributed by atoms with Crippen molar-refractivity contribution in [2.24, 2.45) is 0 Å². The molecule has 3 radical (unpaired) electrons. The number of nitrogens with zero attached hydrogens (tertiary/aromatic N) is 1. The first kappa shape index (κ1) is 17.4. The van der Waals surface area contributed by atoms with Crippen LogP contribution in [0.3, 0.4) is 0 Å². The summed E-state index contributed by atoms with van der Waals surface area (Å²) < 4.78 is 0. The third kappa shape index (κ3) is 6.10. The Balaban J connectivity index is -0.000000189. The molecular formula is C8H21BN3. The Morgan fingerprint density at radius 2 is 1.75 bits per heavy atom. The molecule has 0 atom stereocenters. The van der Waals surface area contributed by atoms with E-state index in [-0.39, 0.29) is 15.8 Å². The fourth-order valence-electron chi connectivity index (χ4n) is 0.568. The van der Waals surface area contributed by atoms with Crippen LogP contribution in [-0.2, 0) is 0 Å². The average molecular weight is 170 g/mol. The molecule has 1 aliphatic heterocycles. The van der Waals surface area contributed by atoms with Gasteiger partial charge in [0.25, 0.3) is 0 Å². The maximum absolute atomic E-state index is 2.93. The van der Waals surface area contributed by atoms with Crippen molar-refractivity contribution in [3.05, 3.63) is 12.4 Å². The molecule has 1 rings (SSSR count). The Morgan fingerprint density at radius 3 is 1.92 bits per heavy atom. The maximum atomic E-state index is 2.93. The van der Waals surface area contributed by atoms with Gasteiger partial charge in [0.05, 0.1) is 0 Å². The van der Waals surface area contributed by atoms with E-state index in [2.05, 4.69) is 24.8 Å². The number of hydrazine groups is 2. The van der Waals surface area contributed by atoms with Gasteiger partial charge >= 0.3 is 0 Å². The average Bonchev–Trinajstić information content (AvgIpc) is 2.42. The molecule has 1 aliphatic rings. The molecule has 0 amide bonds. The topological polar surface area (TPSA) is 27.3 Å². The molecule has 71 valence electrons. The quantitative estimate of drug-likeness (QED) is 0.583. The van der Waals surface area contributed by atoms with Crippen LogP contribution >= 0.6 is 0 Å². The third-order valence-electron chi connectivity index (χ3n) is 1.07. The Bertz CT molecular complexity index is 104. The Labute approximate surface area is 78.7 Å². The predicted molar refractivity (Wildman–Crippen MR) is 56.2 cm³/mol. The lowest BCUT2D eigenvalue weighted by molar-refractivity contribution is 0.222.